The van der Waals surface area contributed by atoms with E-state index in [2.05, 4.69) is 10.9 Å². The lowest BCUT2D eigenvalue weighted by Crippen LogP contribution is -2.44. The summed E-state index contributed by atoms with van der Waals surface area (Å²) in [4.78, 5) is 34.0. The van der Waals surface area contributed by atoms with Crippen molar-refractivity contribution in [2.45, 2.75) is 32.1 Å². The monoisotopic (exact) mass is 347 g/mol. The first kappa shape index (κ1) is 17.2. The van der Waals surface area contributed by atoms with Crippen LogP contribution >= 0.6 is 0 Å². The number of amides is 2. The lowest BCUT2D eigenvalue weighted by atomic mass is 9.86. The van der Waals surface area contributed by atoms with E-state index < -0.39 is 17.4 Å². The fraction of sp³-hybridized carbons (Fsp3) is 0.529. The second kappa shape index (κ2) is 7.50. The van der Waals surface area contributed by atoms with E-state index >= 15 is 0 Å². The molecule has 3 unspecified atom stereocenters. The first-order valence-electron chi connectivity index (χ1n) is 8.47. The number of carbonyl (C=O) groups excluding carboxylic acids is 2. The number of hydrazine groups is 1. The molecule has 2 fully saturated rings. The van der Waals surface area contributed by atoms with Crippen molar-refractivity contribution in [3.05, 3.63) is 34.4 Å². The molecule has 8 nitrogen and oxygen atoms in total. The molecule has 3 atom stereocenters. The van der Waals surface area contributed by atoms with Crippen LogP contribution in [-0.4, -0.2) is 23.3 Å². The predicted octanol–water partition coefficient (Wildman–Crippen LogP) is 1.95. The molecule has 0 heterocycles. The Hall–Kier alpha value is -2.64. The average Bonchev–Trinajstić information content (AvgIpc) is 3.21. The summed E-state index contributed by atoms with van der Waals surface area (Å²) in [6.07, 6.45) is 5.24. The van der Waals surface area contributed by atoms with Crippen LogP contribution in [-0.2, 0) is 9.59 Å². The molecule has 0 saturated heterocycles. The van der Waals surface area contributed by atoms with Crippen LogP contribution in [0.2, 0.25) is 0 Å². The van der Waals surface area contributed by atoms with Gasteiger partial charge in [0.25, 0.3) is 5.91 Å². The van der Waals surface area contributed by atoms with Crippen molar-refractivity contribution < 1.29 is 19.2 Å². The number of nitro benzene ring substituents is 1. The predicted molar refractivity (Wildman–Crippen MR) is 88.4 cm³/mol. The molecule has 0 aromatic heterocycles. The van der Waals surface area contributed by atoms with Crippen molar-refractivity contribution in [2.75, 3.05) is 6.61 Å². The maximum Gasteiger partial charge on any atom is 0.310 e. The number of nitrogens with zero attached hydrogens (tertiary/aromatic N) is 1. The number of ether oxygens (including phenoxy) is 1. The third-order valence-corrected chi connectivity index (χ3v) is 5.09. The van der Waals surface area contributed by atoms with Crippen molar-refractivity contribution in [2.24, 2.45) is 17.8 Å². The molecule has 2 amide bonds. The van der Waals surface area contributed by atoms with Gasteiger partial charge in [0.15, 0.2) is 12.4 Å². The zero-order valence-electron chi connectivity index (χ0n) is 13.8. The van der Waals surface area contributed by atoms with Crippen LogP contribution in [0.15, 0.2) is 24.3 Å². The highest BCUT2D eigenvalue weighted by atomic mass is 16.6. The molecule has 25 heavy (non-hydrogen) atoms. The second-order valence-electron chi connectivity index (χ2n) is 6.75. The highest BCUT2D eigenvalue weighted by Gasteiger charge is 2.40. The number of nitro groups is 1. The second-order valence-corrected chi connectivity index (χ2v) is 6.75. The fourth-order valence-electron chi connectivity index (χ4n) is 3.96. The molecule has 1 aromatic carbocycles. The number of hydrogen-bond acceptors (Lipinski definition) is 5. The molecule has 8 heteroatoms. The summed E-state index contributed by atoms with van der Waals surface area (Å²) in [6.45, 7) is -0.417. The van der Waals surface area contributed by atoms with E-state index in [-0.39, 0.29) is 17.3 Å². The summed E-state index contributed by atoms with van der Waals surface area (Å²) >= 11 is 0. The van der Waals surface area contributed by atoms with Gasteiger partial charge in [0, 0.05) is 12.5 Å². The quantitative estimate of drug-likeness (QED) is 0.603. The Balaban J connectivity index is 1.39. The molecule has 3 rings (SSSR count). The zero-order valence-corrected chi connectivity index (χ0v) is 13.8. The Morgan fingerprint density at radius 1 is 1.16 bits per heavy atom. The molecular weight excluding hydrogens is 326 g/mol. The van der Waals surface area contributed by atoms with Gasteiger partial charge in [-0.3, -0.25) is 30.6 Å². The number of carbonyl (C=O) groups is 2. The smallest absolute Gasteiger partial charge is 0.310 e. The third kappa shape index (κ3) is 4.26. The van der Waals surface area contributed by atoms with Gasteiger partial charge in [-0.1, -0.05) is 18.6 Å². The Labute approximate surface area is 145 Å². The van der Waals surface area contributed by atoms with E-state index in [9.17, 15) is 19.7 Å². The minimum absolute atomic E-state index is 0.0101. The lowest BCUT2D eigenvalue weighted by Gasteiger charge is -2.20. The molecule has 2 saturated carbocycles. The van der Waals surface area contributed by atoms with Crippen LogP contribution in [0.25, 0.3) is 0 Å². The van der Waals surface area contributed by atoms with Crippen LogP contribution in [0.5, 0.6) is 5.75 Å². The molecule has 2 bridgehead atoms. The Bertz CT molecular complexity index is 678. The normalized spacial score (nSPS) is 23.9. The topological polar surface area (TPSA) is 111 Å². The summed E-state index contributed by atoms with van der Waals surface area (Å²) in [5.74, 6) is 1.06. The summed E-state index contributed by atoms with van der Waals surface area (Å²) in [5.41, 5.74) is 4.46. The molecule has 1 aromatic rings. The minimum Gasteiger partial charge on any atom is -0.477 e. The van der Waals surface area contributed by atoms with Gasteiger partial charge < -0.3 is 4.74 Å². The number of nitrogens with one attached hydrogen (secondary N) is 2. The van der Waals surface area contributed by atoms with Crippen molar-refractivity contribution >= 4 is 17.5 Å². The summed E-state index contributed by atoms with van der Waals surface area (Å²) in [5, 5.41) is 10.9. The van der Waals surface area contributed by atoms with E-state index in [1.54, 1.807) is 6.07 Å². The van der Waals surface area contributed by atoms with Gasteiger partial charge in [0.2, 0.25) is 5.91 Å². The van der Waals surface area contributed by atoms with Crippen LogP contribution < -0.4 is 15.6 Å². The maximum atomic E-state index is 11.9. The Morgan fingerprint density at radius 2 is 1.92 bits per heavy atom. The van der Waals surface area contributed by atoms with E-state index in [1.165, 1.54) is 37.5 Å². The Kier molecular flexibility index (Phi) is 5.16. The maximum absolute atomic E-state index is 11.9. The Morgan fingerprint density at radius 3 is 2.60 bits per heavy atom. The molecule has 0 aliphatic heterocycles. The molecule has 0 radical (unpaired) electrons. The standard InChI is InChI=1S/C17H21N3O5/c21-16(9-13-8-11-5-6-12(13)7-11)18-19-17(22)10-25-15-4-2-1-3-14(15)20(23)24/h1-4,11-13H,5-10H2,(H,18,21)(H,19,22). The zero-order chi connectivity index (χ0) is 17.8. The molecule has 2 aliphatic rings. The number of para-hydroxylation sites is 2. The van der Waals surface area contributed by atoms with Crippen molar-refractivity contribution in [3.63, 3.8) is 0 Å². The third-order valence-electron chi connectivity index (χ3n) is 5.09. The van der Waals surface area contributed by atoms with Gasteiger partial charge in [0.1, 0.15) is 0 Å². The molecular formula is C17H21N3O5. The van der Waals surface area contributed by atoms with Gasteiger partial charge in [0.05, 0.1) is 4.92 Å². The van der Waals surface area contributed by atoms with Crippen LogP contribution in [0.3, 0.4) is 0 Å². The fourth-order valence-corrected chi connectivity index (χ4v) is 3.96. The van der Waals surface area contributed by atoms with Crippen molar-refractivity contribution in [1.82, 2.24) is 10.9 Å². The van der Waals surface area contributed by atoms with Gasteiger partial charge in [-0.25, -0.2) is 0 Å². The van der Waals surface area contributed by atoms with E-state index in [4.69, 9.17) is 4.74 Å². The van der Waals surface area contributed by atoms with E-state index in [0.29, 0.717) is 18.3 Å². The molecule has 0 spiro atoms. The van der Waals surface area contributed by atoms with Crippen molar-refractivity contribution in [1.29, 1.82) is 0 Å². The minimum atomic E-state index is -0.579. The summed E-state index contributed by atoms with van der Waals surface area (Å²) in [6, 6.07) is 5.81. The lowest BCUT2D eigenvalue weighted by molar-refractivity contribution is -0.385. The van der Waals surface area contributed by atoms with E-state index in [0.717, 1.165) is 12.3 Å². The largest absolute Gasteiger partial charge is 0.477 e. The first-order chi connectivity index (χ1) is 12.0. The SMILES string of the molecule is O=C(COc1ccccc1[N+](=O)[O-])NNC(=O)CC1CC2CCC1C2. The van der Waals surface area contributed by atoms with Crippen LogP contribution in [0.1, 0.15) is 32.1 Å². The summed E-state index contributed by atoms with van der Waals surface area (Å²) in [7, 11) is 0. The van der Waals surface area contributed by atoms with Gasteiger partial charge >= 0.3 is 5.69 Å². The highest BCUT2D eigenvalue weighted by Crippen LogP contribution is 2.49. The first-order valence-corrected chi connectivity index (χ1v) is 8.47. The summed E-state index contributed by atoms with van der Waals surface area (Å²) < 4.78 is 5.16. The van der Waals surface area contributed by atoms with Crippen molar-refractivity contribution in [3.8, 4) is 5.75 Å². The number of hydrogen-bond donors (Lipinski definition) is 2. The van der Waals surface area contributed by atoms with Crippen LogP contribution in [0.4, 0.5) is 5.69 Å². The highest BCUT2D eigenvalue weighted by molar-refractivity contribution is 5.82. The van der Waals surface area contributed by atoms with Crippen LogP contribution in [0, 0.1) is 27.9 Å². The number of rotatable bonds is 6. The molecule has 2 aliphatic carbocycles. The van der Waals surface area contributed by atoms with Gasteiger partial charge in [-0.05, 0) is 43.1 Å². The number of benzene rings is 1. The van der Waals surface area contributed by atoms with E-state index in [1.807, 2.05) is 0 Å². The average molecular weight is 347 g/mol. The molecule has 2 N–H and O–H groups in total. The molecule has 134 valence electrons. The van der Waals surface area contributed by atoms with Gasteiger partial charge in [-0.2, -0.15) is 0 Å². The number of fused-ring (bicyclic) bond motifs is 2. The van der Waals surface area contributed by atoms with Gasteiger partial charge in [-0.15, -0.1) is 0 Å².